The van der Waals surface area contributed by atoms with Crippen molar-refractivity contribution in [2.75, 3.05) is 0 Å². The summed E-state index contributed by atoms with van der Waals surface area (Å²) in [6.45, 7) is 11.8. The Kier molecular flexibility index (Phi) is 9.15. The second kappa shape index (κ2) is 13.3. The first-order valence-electron chi connectivity index (χ1n) is 16.3. The van der Waals surface area contributed by atoms with Gasteiger partial charge in [-0.05, 0) is 51.5 Å². The molecule has 238 valence electrons. The van der Waals surface area contributed by atoms with E-state index in [1.165, 1.54) is 0 Å². The fourth-order valence-corrected chi connectivity index (χ4v) is 7.07. The summed E-state index contributed by atoms with van der Waals surface area (Å²) in [6, 6.07) is 47.9. The number of aliphatic hydroxyl groups is 1. The molecule has 0 aliphatic carbocycles. The van der Waals surface area contributed by atoms with Crippen LogP contribution in [0.3, 0.4) is 0 Å². The first-order valence-corrected chi connectivity index (χ1v) is 19.2. The topological polar surface area (TPSA) is 47.3 Å². The van der Waals surface area contributed by atoms with E-state index < -0.39 is 20.0 Å². The summed E-state index contributed by atoms with van der Waals surface area (Å²) in [7, 11) is -1.91. The van der Waals surface area contributed by atoms with Crippen molar-refractivity contribution in [3.8, 4) is 11.3 Å². The predicted molar refractivity (Wildman–Crippen MR) is 195 cm³/mol. The van der Waals surface area contributed by atoms with E-state index in [9.17, 15) is 5.11 Å². The first-order chi connectivity index (χ1) is 22.6. The van der Waals surface area contributed by atoms with Gasteiger partial charge >= 0.3 is 0 Å². The molecule has 0 bridgehead atoms. The van der Waals surface area contributed by atoms with Crippen LogP contribution in [0.5, 0.6) is 0 Å². The third-order valence-electron chi connectivity index (χ3n) is 9.75. The molecule has 1 unspecified atom stereocenters. The summed E-state index contributed by atoms with van der Waals surface area (Å²) < 4.78 is 8.71. The summed E-state index contributed by atoms with van der Waals surface area (Å²) in [4.78, 5) is 5.00. The van der Waals surface area contributed by atoms with Gasteiger partial charge in [0.2, 0.25) is 0 Å². The van der Waals surface area contributed by atoms with Gasteiger partial charge in [-0.2, -0.15) is 0 Å². The maximum absolute atomic E-state index is 11.8. The van der Waals surface area contributed by atoms with Crippen molar-refractivity contribution >= 4 is 8.32 Å². The normalized spacial score (nSPS) is 13.0. The average Bonchev–Trinajstić information content (AvgIpc) is 3.59. The first kappa shape index (κ1) is 32.4. The van der Waals surface area contributed by atoms with Crippen LogP contribution in [0.2, 0.25) is 18.1 Å². The molecule has 5 heteroatoms. The molecule has 1 N–H and O–H groups in total. The number of aliphatic hydroxyl groups excluding tert-OH is 1. The van der Waals surface area contributed by atoms with Gasteiger partial charge in [-0.15, -0.1) is 0 Å². The standard InChI is InChI=1S/C42H44N2O2Si/c1-41(2,3)47(4,5)46-30-32-18-17-19-33(28-32)40(45)38-27-16-15-26-37(38)39-29-44(31-43-39)42(34-20-9-6-10-21-34,35-22-11-7-12-23-35)36-24-13-8-14-25-36/h6-29,31,40,45H,30H2,1-5H3. The molecule has 47 heavy (non-hydrogen) atoms. The van der Waals surface area contributed by atoms with Crippen LogP contribution >= 0.6 is 0 Å². The number of nitrogens with zero attached hydrogens (tertiary/aromatic N) is 2. The van der Waals surface area contributed by atoms with E-state index in [0.29, 0.717) is 6.61 Å². The third kappa shape index (κ3) is 6.39. The number of hydrogen-bond acceptors (Lipinski definition) is 3. The van der Waals surface area contributed by atoms with Crippen LogP contribution in [0.15, 0.2) is 152 Å². The van der Waals surface area contributed by atoms with Crippen molar-refractivity contribution in [3.05, 3.63) is 185 Å². The maximum Gasteiger partial charge on any atom is 0.192 e. The molecule has 0 spiro atoms. The zero-order valence-corrected chi connectivity index (χ0v) is 29.0. The fourth-order valence-electron chi connectivity index (χ4n) is 6.11. The highest BCUT2D eigenvalue weighted by Crippen LogP contribution is 2.42. The Morgan fingerprint density at radius 1 is 0.702 bits per heavy atom. The highest BCUT2D eigenvalue weighted by molar-refractivity contribution is 6.74. The van der Waals surface area contributed by atoms with Crippen LogP contribution in [0, 0.1) is 0 Å². The summed E-state index contributed by atoms with van der Waals surface area (Å²) in [5, 5.41) is 12.0. The van der Waals surface area contributed by atoms with Gasteiger partial charge in [0, 0.05) is 11.8 Å². The van der Waals surface area contributed by atoms with Crippen LogP contribution in [-0.2, 0) is 16.6 Å². The van der Waals surface area contributed by atoms with Crippen molar-refractivity contribution in [2.24, 2.45) is 0 Å². The zero-order valence-electron chi connectivity index (χ0n) is 28.0. The molecule has 0 saturated heterocycles. The molecular weight excluding hydrogens is 593 g/mol. The number of imidazole rings is 1. The molecule has 0 fully saturated rings. The molecule has 0 radical (unpaired) electrons. The lowest BCUT2D eigenvalue weighted by Gasteiger charge is -2.37. The number of aromatic nitrogens is 2. The lowest BCUT2D eigenvalue weighted by Crippen LogP contribution is -2.40. The van der Waals surface area contributed by atoms with Crippen molar-refractivity contribution in [1.82, 2.24) is 9.55 Å². The van der Waals surface area contributed by atoms with Gasteiger partial charge in [0.05, 0.1) is 18.6 Å². The maximum atomic E-state index is 11.8. The fraction of sp³-hybridized carbons (Fsp3) is 0.214. The Morgan fingerprint density at radius 3 is 1.79 bits per heavy atom. The lowest BCUT2D eigenvalue weighted by molar-refractivity contribution is 0.220. The second-order valence-electron chi connectivity index (χ2n) is 13.8. The molecule has 6 aromatic rings. The largest absolute Gasteiger partial charge is 0.413 e. The van der Waals surface area contributed by atoms with Gasteiger partial charge in [0.15, 0.2) is 8.32 Å². The quantitative estimate of drug-likeness (QED) is 0.120. The average molecular weight is 637 g/mol. The Balaban J connectivity index is 1.41. The van der Waals surface area contributed by atoms with E-state index in [0.717, 1.165) is 44.6 Å². The van der Waals surface area contributed by atoms with Crippen molar-refractivity contribution in [1.29, 1.82) is 0 Å². The molecule has 0 aliphatic heterocycles. The SMILES string of the molecule is CC(C)(C)[Si](C)(C)OCc1cccc(C(O)c2ccccc2-c2cn(C(c3ccccc3)(c3ccccc3)c3ccccc3)cn2)c1. The van der Waals surface area contributed by atoms with Gasteiger partial charge < -0.3 is 14.1 Å². The van der Waals surface area contributed by atoms with Crippen molar-refractivity contribution in [3.63, 3.8) is 0 Å². The molecule has 1 atom stereocenters. The second-order valence-corrected chi connectivity index (χ2v) is 18.6. The van der Waals surface area contributed by atoms with Gasteiger partial charge in [-0.1, -0.05) is 160 Å². The monoisotopic (exact) mass is 636 g/mol. The Morgan fingerprint density at radius 2 is 1.23 bits per heavy atom. The van der Waals surface area contributed by atoms with Gasteiger partial charge in [0.1, 0.15) is 11.6 Å². The summed E-state index contributed by atoms with van der Waals surface area (Å²) >= 11 is 0. The molecule has 4 nitrogen and oxygen atoms in total. The summed E-state index contributed by atoms with van der Waals surface area (Å²) in [6.07, 6.45) is 3.21. The molecule has 0 amide bonds. The van der Waals surface area contributed by atoms with E-state index in [1.54, 1.807) is 0 Å². The Labute approximate surface area is 280 Å². The van der Waals surface area contributed by atoms with E-state index in [2.05, 4.69) is 148 Å². The molecule has 0 saturated carbocycles. The van der Waals surface area contributed by atoms with Crippen LogP contribution in [0.1, 0.15) is 60.3 Å². The zero-order chi connectivity index (χ0) is 33.1. The lowest BCUT2D eigenvalue weighted by atomic mass is 9.76. The summed E-state index contributed by atoms with van der Waals surface area (Å²) in [5.41, 5.74) is 7.12. The Bertz CT molecular complexity index is 1810. The molecule has 5 aromatic carbocycles. The molecule has 6 rings (SSSR count). The van der Waals surface area contributed by atoms with Crippen molar-refractivity contribution < 1.29 is 9.53 Å². The minimum absolute atomic E-state index is 0.131. The number of rotatable bonds is 10. The molecular formula is C42H44N2O2Si. The third-order valence-corrected chi connectivity index (χ3v) is 14.2. The van der Waals surface area contributed by atoms with Crippen LogP contribution in [0.25, 0.3) is 11.3 Å². The predicted octanol–water partition coefficient (Wildman–Crippen LogP) is 9.99. The minimum atomic E-state index is -1.91. The van der Waals surface area contributed by atoms with Crippen molar-refractivity contribution in [2.45, 2.75) is 57.2 Å². The van der Waals surface area contributed by atoms with Crippen LogP contribution in [0.4, 0.5) is 0 Å². The van der Waals surface area contributed by atoms with Gasteiger partial charge in [-0.3, -0.25) is 0 Å². The van der Waals surface area contributed by atoms with Crippen LogP contribution < -0.4 is 0 Å². The Hall–Kier alpha value is -4.55. The van der Waals surface area contributed by atoms with Gasteiger partial charge in [-0.25, -0.2) is 4.98 Å². The van der Waals surface area contributed by atoms with E-state index in [-0.39, 0.29) is 5.04 Å². The summed E-state index contributed by atoms with van der Waals surface area (Å²) in [5.74, 6) is 0. The highest BCUT2D eigenvalue weighted by Gasteiger charge is 2.39. The molecule has 1 heterocycles. The van der Waals surface area contributed by atoms with Crippen LogP contribution in [-0.4, -0.2) is 23.0 Å². The van der Waals surface area contributed by atoms with E-state index >= 15 is 0 Å². The van der Waals surface area contributed by atoms with Gasteiger partial charge in [0.25, 0.3) is 0 Å². The van der Waals surface area contributed by atoms with E-state index in [4.69, 9.17) is 9.41 Å². The number of benzene rings is 5. The number of hydrogen-bond donors (Lipinski definition) is 1. The smallest absolute Gasteiger partial charge is 0.192 e. The molecule has 0 aliphatic rings. The molecule has 1 aromatic heterocycles. The highest BCUT2D eigenvalue weighted by atomic mass is 28.4. The minimum Gasteiger partial charge on any atom is -0.413 e. The van der Waals surface area contributed by atoms with E-state index in [1.807, 2.05) is 42.7 Å².